The van der Waals surface area contributed by atoms with Crippen LogP contribution in [0.1, 0.15) is 49.3 Å². The van der Waals surface area contributed by atoms with E-state index in [9.17, 15) is 13.2 Å². The Labute approximate surface area is 113 Å². The van der Waals surface area contributed by atoms with Gasteiger partial charge in [0.25, 0.3) is 5.91 Å². The summed E-state index contributed by atoms with van der Waals surface area (Å²) in [5, 5.41) is 14.1. The second-order valence-corrected chi connectivity index (χ2v) is 5.94. The van der Waals surface area contributed by atoms with Crippen LogP contribution in [0, 0.1) is 6.92 Å². The molecule has 0 radical (unpaired) electrons. The molecule has 19 heavy (non-hydrogen) atoms. The van der Waals surface area contributed by atoms with Gasteiger partial charge in [0, 0.05) is 6.04 Å². The molecule has 0 fully saturated rings. The minimum Gasteiger partial charge on any atom is -0.348 e. The van der Waals surface area contributed by atoms with Crippen molar-refractivity contribution in [2.24, 2.45) is 5.14 Å². The number of nitrogens with one attached hydrogen (secondary N) is 2. The Morgan fingerprint density at radius 1 is 1.47 bits per heavy atom. The third-order valence-corrected chi connectivity index (χ3v) is 3.92. The van der Waals surface area contributed by atoms with Gasteiger partial charge in [0.15, 0.2) is 5.69 Å². The highest BCUT2D eigenvalue weighted by Gasteiger charge is 2.26. The van der Waals surface area contributed by atoms with Crippen LogP contribution in [0.2, 0.25) is 0 Å². The Morgan fingerprint density at radius 3 is 2.58 bits per heavy atom. The van der Waals surface area contributed by atoms with Crippen molar-refractivity contribution in [1.29, 1.82) is 0 Å². The monoisotopic (exact) mass is 288 g/mol. The summed E-state index contributed by atoms with van der Waals surface area (Å²) in [4.78, 5) is 11.8. The fourth-order valence-electron chi connectivity index (χ4n) is 1.90. The van der Waals surface area contributed by atoms with E-state index in [4.69, 9.17) is 5.14 Å². The Kier molecular flexibility index (Phi) is 5.07. The molecular formula is C11H20N4O3S. The molecule has 4 N–H and O–H groups in total. The summed E-state index contributed by atoms with van der Waals surface area (Å²) >= 11 is 0. The number of carbonyl (C=O) groups is 1. The number of amides is 1. The summed E-state index contributed by atoms with van der Waals surface area (Å²) in [5.41, 5.74) is 0.0887. The first-order valence-electron chi connectivity index (χ1n) is 6.19. The number of aromatic amines is 1. The molecule has 1 atom stereocenters. The molecule has 8 heteroatoms. The number of nitrogens with zero attached hydrogens (tertiary/aromatic N) is 1. The minimum absolute atomic E-state index is 0.00262. The summed E-state index contributed by atoms with van der Waals surface area (Å²) in [6.07, 6.45) is 2.53. The molecule has 1 aromatic heterocycles. The highest BCUT2D eigenvalue weighted by Crippen LogP contribution is 2.16. The summed E-state index contributed by atoms with van der Waals surface area (Å²) in [6, 6.07) is 0.00262. The zero-order chi connectivity index (χ0) is 14.6. The normalized spacial score (nSPS) is 13.3. The fourth-order valence-corrected chi connectivity index (χ4v) is 2.78. The summed E-state index contributed by atoms with van der Waals surface area (Å²) < 4.78 is 22.9. The van der Waals surface area contributed by atoms with E-state index >= 15 is 0 Å². The van der Waals surface area contributed by atoms with Gasteiger partial charge in [-0.1, -0.05) is 20.3 Å². The molecule has 0 aliphatic heterocycles. The van der Waals surface area contributed by atoms with Gasteiger partial charge in [0.2, 0.25) is 10.0 Å². The van der Waals surface area contributed by atoms with E-state index in [2.05, 4.69) is 15.5 Å². The molecule has 1 amide bonds. The molecule has 0 saturated heterocycles. The predicted molar refractivity (Wildman–Crippen MR) is 71.2 cm³/mol. The maximum atomic E-state index is 12.1. The molecule has 0 aliphatic carbocycles. The summed E-state index contributed by atoms with van der Waals surface area (Å²) in [5.74, 6) is -0.520. The van der Waals surface area contributed by atoms with Crippen LogP contribution in [0.3, 0.4) is 0 Å². The number of hydrogen-bond acceptors (Lipinski definition) is 4. The average molecular weight is 288 g/mol. The number of aromatic nitrogens is 2. The minimum atomic E-state index is -3.98. The SMILES string of the molecule is CCCC(CC)NC(=O)c1n[nH]c(C)c1S(N)(=O)=O. The van der Waals surface area contributed by atoms with Crippen LogP contribution < -0.4 is 10.5 Å². The Bertz CT molecular complexity index is 550. The summed E-state index contributed by atoms with van der Waals surface area (Å²) in [6.45, 7) is 5.48. The van der Waals surface area contributed by atoms with Gasteiger partial charge in [-0.2, -0.15) is 5.10 Å². The Morgan fingerprint density at radius 2 is 2.11 bits per heavy atom. The second-order valence-electron chi connectivity index (χ2n) is 4.44. The van der Waals surface area contributed by atoms with Gasteiger partial charge in [-0.25, -0.2) is 13.6 Å². The average Bonchev–Trinajstić information content (AvgIpc) is 2.70. The van der Waals surface area contributed by atoms with E-state index in [1.807, 2.05) is 13.8 Å². The highest BCUT2D eigenvalue weighted by molar-refractivity contribution is 7.89. The van der Waals surface area contributed by atoms with Gasteiger partial charge in [-0.05, 0) is 19.8 Å². The molecule has 1 rings (SSSR count). The van der Waals surface area contributed by atoms with Crippen molar-refractivity contribution in [3.05, 3.63) is 11.4 Å². The van der Waals surface area contributed by atoms with Crippen LogP contribution in [0.5, 0.6) is 0 Å². The third-order valence-electron chi connectivity index (χ3n) is 2.86. The van der Waals surface area contributed by atoms with Gasteiger partial charge in [-0.3, -0.25) is 9.89 Å². The quantitative estimate of drug-likeness (QED) is 0.713. The molecular weight excluding hydrogens is 268 g/mol. The molecule has 1 aromatic rings. The van der Waals surface area contributed by atoms with E-state index in [0.29, 0.717) is 0 Å². The molecule has 108 valence electrons. The van der Waals surface area contributed by atoms with Crippen LogP contribution in [0.4, 0.5) is 0 Å². The lowest BCUT2D eigenvalue weighted by Crippen LogP contribution is -2.35. The Hall–Kier alpha value is -1.41. The first-order chi connectivity index (χ1) is 8.81. The molecule has 0 aliphatic rings. The number of rotatable bonds is 6. The van der Waals surface area contributed by atoms with Crippen LogP contribution in [-0.4, -0.2) is 30.6 Å². The lowest BCUT2D eigenvalue weighted by Gasteiger charge is -2.15. The molecule has 0 aromatic carbocycles. The number of hydrogen-bond donors (Lipinski definition) is 3. The van der Waals surface area contributed by atoms with Crippen molar-refractivity contribution in [2.75, 3.05) is 0 Å². The van der Waals surface area contributed by atoms with Crippen molar-refractivity contribution in [1.82, 2.24) is 15.5 Å². The van der Waals surface area contributed by atoms with Crippen molar-refractivity contribution >= 4 is 15.9 Å². The smallest absolute Gasteiger partial charge is 0.273 e. The fraction of sp³-hybridized carbons (Fsp3) is 0.636. The highest BCUT2D eigenvalue weighted by atomic mass is 32.2. The number of sulfonamides is 1. The van der Waals surface area contributed by atoms with Gasteiger partial charge < -0.3 is 5.32 Å². The van der Waals surface area contributed by atoms with E-state index in [1.54, 1.807) is 0 Å². The topological polar surface area (TPSA) is 118 Å². The van der Waals surface area contributed by atoms with Gasteiger partial charge in [0.1, 0.15) is 4.90 Å². The zero-order valence-corrected chi connectivity index (χ0v) is 12.2. The predicted octanol–water partition coefficient (Wildman–Crippen LogP) is 0.674. The van der Waals surface area contributed by atoms with E-state index in [-0.39, 0.29) is 22.3 Å². The Balaban J connectivity index is 3.01. The van der Waals surface area contributed by atoms with E-state index in [1.165, 1.54) is 6.92 Å². The van der Waals surface area contributed by atoms with Gasteiger partial charge in [-0.15, -0.1) is 0 Å². The largest absolute Gasteiger partial charge is 0.348 e. The zero-order valence-electron chi connectivity index (χ0n) is 11.4. The lowest BCUT2D eigenvalue weighted by molar-refractivity contribution is 0.0925. The van der Waals surface area contributed by atoms with E-state index in [0.717, 1.165) is 19.3 Å². The van der Waals surface area contributed by atoms with Gasteiger partial charge in [0.05, 0.1) is 5.69 Å². The maximum absolute atomic E-state index is 12.1. The molecule has 7 nitrogen and oxygen atoms in total. The number of H-pyrrole nitrogens is 1. The van der Waals surface area contributed by atoms with Crippen LogP contribution in [0.25, 0.3) is 0 Å². The van der Waals surface area contributed by atoms with Crippen molar-refractivity contribution < 1.29 is 13.2 Å². The second kappa shape index (κ2) is 6.16. The molecule has 0 spiro atoms. The molecule has 1 unspecified atom stereocenters. The van der Waals surface area contributed by atoms with Gasteiger partial charge >= 0.3 is 0 Å². The molecule has 1 heterocycles. The third kappa shape index (κ3) is 3.77. The van der Waals surface area contributed by atoms with Crippen molar-refractivity contribution in [3.8, 4) is 0 Å². The maximum Gasteiger partial charge on any atom is 0.273 e. The molecule has 0 bridgehead atoms. The first kappa shape index (κ1) is 15.6. The number of nitrogens with two attached hydrogens (primary N) is 1. The van der Waals surface area contributed by atoms with Crippen molar-refractivity contribution in [2.45, 2.75) is 51.0 Å². The number of aryl methyl sites for hydroxylation is 1. The lowest BCUT2D eigenvalue weighted by atomic mass is 10.1. The molecule has 0 saturated carbocycles. The standard InChI is InChI=1S/C11H20N4O3S/c1-4-6-8(5-2)13-11(16)9-10(19(12,17)18)7(3)14-15-9/h8H,4-6H2,1-3H3,(H,13,16)(H,14,15)(H2,12,17,18). The summed E-state index contributed by atoms with van der Waals surface area (Å²) in [7, 11) is -3.98. The van der Waals surface area contributed by atoms with Crippen LogP contribution in [0.15, 0.2) is 4.90 Å². The van der Waals surface area contributed by atoms with Crippen LogP contribution >= 0.6 is 0 Å². The number of carbonyl (C=O) groups excluding carboxylic acids is 1. The van der Waals surface area contributed by atoms with E-state index < -0.39 is 15.9 Å². The first-order valence-corrected chi connectivity index (χ1v) is 7.74. The van der Waals surface area contributed by atoms with Crippen LogP contribution in [-0.2, 0) is 10.0 Å². The van der Waals surface area contributed by atoms with Crippen molar-refractivity contribution in [3.63, 3.8) is 0 Å². The number of primary sulfonamides is 1.